The van der Waals surface area contributed by atoms with Gasteiger partial charge in [0, 0.05) is 0 Å². The first-order valence-corrected chi connectivity index (χ1v) is 7.26. The first-order chi connectivity index (χ1) is 10.4. The van der Waals surface area contributed by atoms with E-state index in [1.165, 1.54) is 17.7 Å². The topological polar surface area (TPSA) is 9.23 Å². The molecule has 0 aliphatic rings. The van der Waals surface area contributed by atoms with Crippen molar-refractivity contribution in [3.63, 3.8) is 0 Å². The van der Waals surface area contributed by atoms with Crippen LogP contribution in [0, 0.1) is 0 Å². The zero-order valence-electron chi connectivity index (χ0n) is 12.7. The smallest absolute Gasteiger partial charge is 0.369 e. The summed E-state index contributed by atoms with van der Waals surface area (Å²) in [5, 5.41) is 0. The molecule has 0 aliphatic carbocycles. The van der Waals surface area contributed by atoms with Gasteiger partial charge in [0.25, 0.3) is 0 Å². The van der Waals surface area contributed by atoms with Crippen molar-refractivity contribution < 1.29 is 17.9 Å². The number of aryl methyl sites for hydroxylation is 1. The Kier molecular flexibility index (Phi) is 5.24. The predicted octanol–water partition coefficient (Wildman–Crippen LogP) is 5.55. The molecule has 2 aromatic carbocycles. The van der Waals surface area contributed by atoms with Crippen molar-refractivity contribution >= 4 is 0 Å². The van der Waals surface area contributed by atoms with Gasteiger partial charge < -0.3 is 4.74 Å². The standard InChI is InChI=1S/C18H19F3O/c1-3-14-4-8-16(9-5-14)13(2)22-12-15-6-10-17(11-7-15)18(19,20)21/h4-11,13H,3,12H2,1-2H3. The molecule has 0 aromatic heterocycles. The summed E-state index contributed by atoms with van der Waals surface area (Å²) in [5.74, 6) is 0. The number of ether oxygens (including phenoxy) is 1. The van der Waals surface area contributed by atoms with E-state index in [-0.39, 0.29) is 12.7 Å². The summed E-state index contributed by atoms with van der Waals surface area (Å²) in [7, 11) is 0. The largest absolute Gasteiger partial charge is 0.416 e. The van der Waals surface area contributed by atoms with Gasteiger partial charge in [0.2, 0.25) is 0 Å². The van der Waals surface area contributed by atoms with Crippen LogP contribution in [0.15, 0.2) is 48.5 Å². The molecule has 1 unspecified atom stereocenters. The zero-order valence-corrected chi connectivity index (χ0v) is 12.7. The first-order valence-electron chi connectivity index (χ1n) is 7.26. The third-order valence-corrected chi connectivity index (χ3v) is 3.64. The zero-order chi connectivity index (χ0) is 16.2. The number of hydrogen-bond acceptors (Lipinski definition) is 1. The van der Waals surface area contributed by atoms with Crippen molar-refractivity contribution in [1.29, 1.82) is 0 Å². The maximum absolute atomic E-state index is 12.5. The summed E-state index contributed by atoms with van der Waals surface area (Å²) < 4.78 is 43.2. The lowest BCUT2D eigenvalue weighted by molar-refractivity contribution is -0.137. The number of benzene rings is 2. The summed E-state index contributed by atoms with van der Waals surface area (Å²) in [4.78, 5) is 0. The van der Waals surface area contributed by atoms with E-state index in [4.69, 9.17) is 4.74 Å². The minimum atomic E-state index is -4.30. The number of alkyl halides is 3. The highest BCUT2D eigenvalue weighted by Gasteiger charge is 2.29. The van der Waals surface area contributed by atoms with Gasteiger partial charge in [-0.2, -0.15) is 13.2 Å². The van der Waals surface area contributed by atoms with Crippen LogP contribution < -0.4 is 0 Å². The van der Waals surface area contributed by atoms with Crippen molar-refractivity contribution in [1.82, 2.24) is 0 Å². The second-order valence-corrected chi connectivity index (χ2v) is 5.24. The maximum Gasteiger partial charge on any atom is 0.416 e. The lowest BCUT2D eigenvalue weighted by atomic mass is 10.1. The molecule has 0 saturated carbocycles. The van der Waals surface area contributed by atoms with Crippen LogP contribution in [0.5, 0.6) is 0 Å². The summed E-state index contributed by atoms with van der Waals surface area (Å²) in [5.41, 5.74) is 2.41. The summed E-state index contributed by atoms with van der Waals surface area (Å²) in [6.07, 6.45) is -3.41. The Morgan fingerprint density at radius 2 is 1.45 bits per heavy atom. The van der Waals surface area contributed by atoms with Crippen LogP contribution >= 0.6 is 0 Å². The van der Waals surface area contributed by atoms with Crippen molar-refractivity contribution in [2.75, 3.05) is 0 Å². The Balaban J connectivity index is 1.94. The molecule has 1 atom stereocenters. The van der Waals surface area contributed by atoms with Crippen LogP contribution in [0.1, 0.15) is 42.2 Å². The molecule has 2 aromatic rings. The van der Waals surface area contributed by atoms with Crippen LogP contribution in [-0.2, 0) is 23.9 Å². The van der Waals surface area contributed by atoms with Crippen molar-refractivity contribution in [2.45, 2.75) is 39.2 Å². The third-order valence-electron chi connectivity index (χ3n) is 3.64. The quantitative estimate of drug-likeness (QED) is 0.704. The average molecular weight is 308 g/mol. The van der Waals surface area contributed by atoms with Gasteiger partial charge in [0.1, 0.15) is 0 Å². The average Bonchev–Trinajstić information content (AvgIpc) is 2.52. The Labute approximate surface area is 128 Å². The summed E-state index contributed by atoms with van der Waals surface area (Å²) >= 11 is 0. The van der Waals surface area contributed by atoms with E-state index in [2.05, 4.69) is 19.1 Å². The molecule has 0 amide bonds. The van der Waals surface area contributed by atoms with Crippen molar-refractivity contribution in [2.24, 2.45) is 0 Å². The molecule has 0 bridgehead atoms. The molecule has 0 radical (unpaired) electrons. The molecule has 0 aliphatic heterocycles. The van der Waals surface area contributed by atoms with Gasteiger partial charge in [0.15, 0.2) is 0 Å². The second kappa shape index (κ2) is 6.97. The minimum Gasteiger partial charge on any atom is -0.369 e. The number of rotatable bonds is 5. The van der Waals surface area contributed by atoms with E-state index >= 15 is 0 Å². The maximum atomic E-state index is 12.5. The fraction of sp³-hybridized carbons (Fsp3) is 0.333. The fourth-order valence-corrected chi connectivity index (χ4v) is 2.13. The highest BCUT2D eigenvalue weighted by molar-refractivity contribution is 5.25. The van der Waals surface area contributed by atoms with Crippen LogP contribution in [0.4, 0.5) is 13.2 Å². The molecule has 22 heavy (non-hydrogen) atoms. The van der Waals surface area contributed by atoms with Crippen LogP contribution in [0.2, 0.25) is 0 Å². The SMILES string of the molecule is CCc1ccc(C(C)OCc2ccc(C(F)(F)F)cc2)cc1. The Bertz CT molecular complexity index is 585. The van der Waals surface area contributed by atoms with E-state index in [0.717, 1.165) is 29.7 Å². The number of hydrogen-bond donors (Lipinski definition) is 0. The first kappa shape index (κ1) is 16.6. The molecular formula is C18H19F3O. The third kappa shape index (κ3) is 4.34. The van der Waals surface area contributed by atoms with Gasteiger partial charge in [-0.05, 0) is 42.2 Å². The lowest BCUT2D eigenvalue weighted by Crippen LogP contribution is -2.05. The van der Waals surface area contributed by atoms with Crippen molar-refractivity contribution in [3.8, 4) is 0 Å². The molecular weight excluding hydrogens is 289 g/mol. The molecule has 4 heteroatoms. The minimum absolute atomic E-state index is 0.104. The molecule has 1 nitrogen and oxygen atoms in total. The number of halogens is 3. The monoisotopic (exact) mass is 308 g/mol. The fourth-order valence-electron chi connectivity index (χ4n) is 2.13. The Hall–Kier alpha value is -1.81. The molecule has 0 fully saturated rings. The van der Waals surface area contributed by atoms with Crippen molar-refractivity contribution in [3.05, 3.63) is 70.8 Å². The molecule has 0 heterocycles. The van der Waals surface area contributed by atoms with E-state index in [0.29, 0.717) is 0 Å². The molecule has 0 spiro atoms. The van der Waals surface area contributed by atoms with E-state index in [1.807, 2.05) is 19.1 Å². The van der Waals surface area contributed by atoms with Gasteiger partial charge in [-0.15, -0.1) is 0 Å². The highest BCUT2D eigenvalue weighted by atomic mass is 19.4. The van der Waals surface area contributed by atoms with Gasteiger partial charge in [-0.25, -0.2) is 0 Å². The molecule has 0 N–H and O–H groups in total. The molecule has 118 valence electrons. The van der Waals surface area contributed by atoms with E-state index in [1.54, 1.807) is 0 Å². The lowest BCUT2D eigenvalue weighted by Gasteiger charge is -2.14. The van der Waals surface area contributed by atoms with Gasteiger partial charge in [0.05, 0.1) is 18.3 Å². The van der Waals surface area contributed by atoms with Crippen LogP contribution in [0.3, 0.4) is 0 Å². The van der Waals surface area contributed by atoms with Gasteiger partial charge >= 0.3 is 6.18 Å². The summed E-state index contributed by atoms with van der Waals surface area (Å²) in [6, 6.07) is 13.2. The second-order valence-electron chi connectivity index (χ2n) is 5.24. The van der Waals surface area contributed by atoms with Gasteiger partial charge in [-0.1, -0.05) is 43.3 Å². The molecule has 2 rings (SSSR count). The van der Waals surface area contributed by atoms with Crippen LogP contribution in [0.25, 0.3) is 0 Å². The summed E-state index contributed by atoms with van der Waals surface area (Å²) in [6.45, 7) is 4.32. The van der Waals surface area contributed by atoms with Crippen LogP contribution in [-0.4, -0.2) is 0 Å². The molecule has 0 saturated heterocycles. The van der Waals surface area contributed by atoms with Gasteiger partial charge in [-0.3, -0.25) is 0 Å². The Morgan fingerprint density at radius 3 is 1.95 bits per heavy atom. The predicted molar refractivity (Wildman–Crippen MR) is 80.5 cm³/mol. The van der Waals surface area contributed by atoms with E-state index < -0.39 is 11.7 Å². The Morgan fingerprint density at radius 1 is 0.909 bits per heavy atom. The van der Waals surface area contributed by atoms with E-state index in [9.17, 15) is 13.2 Å². The normalized spacial score (nSPS) is 13.1. The highest BCUT2D eigenvalue weighted by Crippen LogP contribution is 2.29.